The predicted molar refractivity (Wildman–Crippen MR) is 103 cm³/mol. The number of hydrogen-bond donors (Lipinski definition) is 1. The minimum atomic E-state index is -4.39. The maximum Gasteiger partial charge on any atom is 0.416 e. The third-order valence-electron chi connectivity index (χ3n) is 4.54. The van der Waals surface area contributed by atoms with Gasteiger partial charge in [-0.1, -0.05) is 18.2 Å². The van der Waals surface area contributed by atoms with Crippen molar-refractivity contribution in [3.63, 3.8) is 0 Å². The van der Waals surface area contributed by atoms with E-state index in [4.69, 9.17) is 5.73 Å². The number of nitrogens with zero attached hydrogens (tertiary/aromatic N) is 2. The number of halogens is 3. The van der Waals surface area contributed by atoms with E-state index in [0.29, 0.717) is 16.9 Å². The predicted octanol–water partition coefficient (Wildman–Crippen LogP) is 4.56. The molecular weight excluding hydrogens is 387 g/mol. The molecule has 148 valence electrons. The van der Waals surface area contributed by atoms with E-state index in [1.807, 2.05) is 19.2 Å². The fourth-order valence-corrected chi connectivity index (χ4v) is 4.06. The topological polar surface area (TPSA) is 60.9 Å². The zero-order chi connectivity index (χ0) is 20.3. The summed E-state index contributed by atoms with van der Waals surface area (Å²) in [5, 5.41) is 4.12. The van der Waals surface area contributed by atoms with Gasteiger partial charge in [-0.2, -0.15) is 18.3 Å². The average molecular weight is 407 g/mol. The van der Waals surface area contributed by atoms with Gasteiger partial charge < -0.3 is 5.73 Å². The highest BCUT2D eigenvalue weighted by atomic mass is 32.1. The summed E-state index contributed by atoms with van der Waals surface area (Å²) < 4.78 is 40.4. The molecule has 0 unspecified atom stereocenters. The Morgan fingerprint density at radius 2 is 2.04 bits per heavy atom. The number of hydrogen-bond acceptors (Lipinski definition) is 4. The number of alkyl halides is 3. The van der Waals surface area contributed by atoms with Gasteiger partial charge in [0, 0.05) is 19.7 Å². The lowest BCUT2D eigenvalue weighted by Gasteiger charge is -2.15. The largest absolute Gasteiger partial charge is 0.416 e. The van der Waals surface area contributed by atoms with Gasteiger partial charge in [-0.25, -0.2) is 0 Å². The van der Waals surface area contributed by atoms with Crippen LogP contribution in [0.2, 0.25) is 0 Å². The summed E-state index contributed by atoms with van der Waals surface area (Å²) in [4.78, 5) is 14.2. The van der Waals surface area contributed by atoms with Crippen molar-refractivity contribution in [2.24, 2.45) is 18.7 Å². The lowest BCUT2D eigenvalue weighted by molar-refractivity contribution is -0.137. The van der Waals surface area contributed by atoms with Crippen molar-refractivity contribution in [3.8, 4) is 10.6 Å². The van der Waals surface area contributed by atoms with Crippen LogP contribution in [0.1, 0.15) is 27.2 Å². The van der Waals surface area contributed by atoms with E-state index in [0.717, 1.165) is 22.7 Å². The standard InChI is InChI=1S/C20H20F3N3OS/c1-26-16(7-8-25-26)18-5-6-19(28-18)17(27)11-14(12-24)9-13-3-2-4-15(10-13)20(21,22)23/h2-8,10,14H,9,11-12,24H2,1H3/t14-/m1/s1. The van der Waals surface area contributed by atoms with Crippen LogP contribution in [-0.2, 0) is 19.6 Å². The first-order valence-electron chi connectivity index (χ1n) is 8.75. The highest BCUT2D eigenvalue weighted by molar-refractivity contribution is 7.17. The molecule has 0 saturated heterocycles. The van der Waals surface area contributed by atoms with Gasteiger partial charge in [0.2, 0.25) is 0 Å². The van der Waals surface area contributed by atoms with Gasteiger partial charge in [-0.05, 0) is 48.7 Å². The highest BCUT2D eigenvalue weighted by Gasteiger charge is 2.30. The number of aryl methyl sites for hydroxylation is 1. The number of rotatable bonds is 7. The number of benzene rings is 1. The van der Waals surface area contributed by atoms with Crippen LogP contribution >= 0.6 is 11.3 Å². The van der Waals surface area contributed by atoms with Gasteiger partial charge >= 0.3 is 6.18 Å². The summed E-state index contributed by atoms with van der Waals surface area (Å²) in [6.45, 7) is 0.224. The molecule has 0 radical (unpaired) electrons. The van der Waals surface area contributed by atoms with E-state index < -0.39 is 11.7 Å². The zero-order valence-electron chi connectivity index (χ0n) is 15.2. The van der Waals surface area contributed by atoms with Crippen LogP contribution in [0.15, 0.2) is 48.7 Å². The van der Waals surface area contributed by atoms with Crippen LogP contribution in [0.25, 0.3) is 10.6 Å². The quantitative estimate of drug-likeness (QED) is 0.584. The SMILES string of the molecule is Cn1nccc1-c1ccc(C(=O)C[C@H](CN)Cc2cccc(C(F)(F)F)c2)s1. The summed E-state index contributed by atoms with van der Waals surface area (Å²) in [6, 6.07) is 10.7. The maximum atomic E-state index is 12.9. The number of carbonyl (C=O) groups is 1. The first-order chi connectivity index (χ1) is 13.3. The van der Waals surface area contributed by atoms with Crippen molar-refractivity contribution in [2.75, 3.05) is 6.54 Å². The summed E-state index contributed by atoms with van der Waals surface area (Å²) in [6.07, 6.45) is -2.18. The maximum absolute atomic E-state index is 12.9. The van der Waals surface area contributed by atoms with Crippen LogP contribution in [-0.4, -0.2) is 22.1 Å². The van der Waals surface area contributed by atoms with Crippen LogP contribution < -0.4 is 5.73 Å². The summed E-state index contributed by atoms with van der Waals surface area (Å²) in [5.74, 6) is -0.279. The number of Topliss-reactive ketones (excluding diaryl/α,β-unsaturated/α-hetero) is 1. The van der Waals surface area contributed by atoms with Crippen molar-refractivity contribution in [1.29, 1.82) is 0 Å². The smallest absolute Gasteiger partial charge is 0.330 e. The van der Waals surface area contributed by atoms with Crippen molar-refractivity contribution in [3.05, 3.63) is 64.7 Å². The lowest BCUT2D eigenvalue weighted by atomic mass is 9.93. The molecule has 0 aliphatic rings. The molecule has 2 N–H and O–H groups in total. The number of aromatic nitrogens is 2. The molecular formula is C20H20F3N3OS. The van der Waals surface area contributed by atoms with Crippen molar-refractivity contribution in [1.82, 2.24) is 9.78 Å². The van der Waals surface area contributed by atoms with E-state index >= 15 is 0 Å². The molecule has 4 nitrogen and oxygen atoms in total. The van der Waals surface area contributed by atoms with Crippen molar-refractivity contribution >= 4 is 17.1 Å². The fraction of sp³-hybridized carbons (Fsp3) is 0.300. The molecule has 0 spiro atoms. The Balaban J connectivity index is 1.69. The Hall–Kier alpha value is -2.45. The Kier molecular flexibility index (Phi) is 6.00. The Morgan fingerprint density at radius 1 is 1.25 bits per heavy atom. The van der Waals surface area contributed by atoms with Gasteiger partial charge in [0.05, 0.1) is 21.0 Å². The molecule has 0 aliphatic heterocycles. The van der Waals surface area contributed by atoms with Crippen molar-refractivity contribution < 1.29 is 18.0 Å². The second-order valence-electron chi connectivity index (χ2n) is 6.64. The first-order valence-corrected chi connectivity index (χ1v) is 9.57. The van der Waals surface area contributed by atoms with Gasteiger partial charge in [0.15, 0.2) is 5.78 Å². The van der Waals surface area contributed by atoms with Gasteiger partial charge in [0.25, 0.3) is 0 Å². The van der Waals surface area contributed by atoms with Crippen LogP contribution in [0.3, 0.4) is 0 Å². The number of thiophene rings is 1. The van der Waals surface area contributed by atoms with Gasteiger partial charge in [-0.3, -0.25) is 9.48 Å². The minimum Gasteiger partial charge on any atom is -0.330 e. The second-order valence-corrected chi connectivity index (χ2v) is 7.72. The normalized spacial score (nSPS) is 12.9. The average Bonchev–Trinajstić information content (AvgIpc) is 3.29. The van der Waals surface area contributed by atoms with Crippen molar-refractivity contribution in [2.45, 2.75) is 19.0 Å². The third-order valence-corrected chi connectivity index (χ3v) is 5.69. The minimum absolute atomic E-state index is 0.0548. The Bertz CT molecular complexity index is 962. The van der Waals surface area contributed by atoms with E-state index in [1.165, 1.54) is 17.4 Å². The Labute approximate surface area is 164 Å². The number of ketones is 1. The van der Waals surface area contributed by atoms with Crippen LogP contribution in [0, 0.1) is 5.92 Å². The zero-order valence-corrected chi connectivity index (χ0v) is 16.1. The molecule has 0 bridgehead atoms. The van der Waals surface area contributed by atoms with E-state index in [9.17, 15) is 18.0 Å². The highest BCUT2D eigenvalue weighted by Crippen LogP contribution is 2.31. The third kappa shape index (κ3) is 4.69. The second kappa shape index (κ2) is 8.28. The summed E-state index contributed by atoms with van der Waals surface area (Å²) >= 11 is 1.38. The van der Waals surface area contributed by atoms with E-state index in [-0.39, 0.29) is 24.7 Å². The molecule has 2 aromatic heterocycles. The number of carbonyl (C=O) groups excluding carboxylic acids is 1. The molecule has 0 fully saturated rings. The molecule has 0 saturated carbocycles. The lowest BCUT2D eigenvalue weighted by Crippen LogP contribution is -2.20. The molecule has 0 amide bonds. The molecule has 8 heteroatoms. The molecule has 28 heavy (non-hydrogen) atoms. The summed E-state index contributed by atoms with van der Waals surface area (Å²) in [7, 11) is 1.83. The Morgan fingerprint density at radius 3 is 2.68 bits per heavy atom. The molecule has 2 heterocycles. The van der Waals surface area contributed by atoms with E-state index in [1.54, 1.807) is 23.0 Å². The van der Waals surface area contributed by atoms with E-state index in [2.05, 4.69) is 5.10 Å². The molecule has 1 aromatic carbocycles. The molecule has 3 rings (SSSR count). The van der Waals surface area contributed by atoms with Gasteiger partial charge in [-0.15, -0.1) is 11.3 Å². The molecule has 3 aromatic rings. The van der Waals surface area contributed by atoms with Crippen LogP contribution in [0.5, 0.6) is 0 Å². The van der Waals surface area contributed by atoms with Gasteiger partial charge in [0.1, 0.15) is 0 Å². The monoisotopic (exact) mass is 407 g/mol. The fourth-order valence-electron chi connectivity index (χ4n) is 3.05. The molecule has 1 atom stereocenters. The summed E-state index contributed by atoms with van der Waals surface area (Å²) in [5.41, 5.74) is 6.55. The number of nitrogens with two attached hydrogens (primary N) is 1. The first kappa shape index (κ1) is 20.3. The van der Waals surface area contributed by atoms with Crippen LogP contribution in [0.4, 0.5) is 13.2 Å². The molecule has 0 aliphatic carbocycles.